The summed E-state index contributed by atoms with van der Waals surface area (Å²) in [5, 5.41) is 9.08. The normalized spacial score (nSPS) is 34.3. The summed E-state index contributed by atoms with van der Waals surface area (Å²) in [7, 11) is 0. The van der Waals surface area contributed by atoms with E-state index >= 15 is 0 Å². The van der Waals surface area contributed by atoms with Crippen molar-refractivity contribution in [2.75, 3.05) is 32.8 Å². The lowest BCUT2D eigenvalue weighted by Crippen LogP contribution is -2.56. The van der Waals surface area contributed by atoms with Crippen LogP contribution in [0.15, 0.2) is 24.3 Å². The maximum absolute atomic E-state index is 14.0. The SMILES string of the molecule is CCCCCN1CC=C[C@]23O[C@]4(C)C=CCCOC(=O)[C@@H]4[C@H]2C(=O)N(CCCCCCO)C3C1=O. The van der Waals surface area contributed by atoms with Gasteiger partial charge in [-0.3, -0.25) is 14.4 Å². The largest absolute Gasteiger partial charge is 0.465 e. The van der Waals surface area contributed by atoms with Crippen LogP contribution in [0.2, 0.25) is 0 Å². The average Bonchev–Trinajstić information content (AvgIpc) is 3.14. The van der Waals surface area contributed by atoms with Gasteiger partial charge >= 0.3 is 5.97 Å². The predicted molar refractivity (Wildman–Crippen MR) is 130 cm³/mol. The molecule has 2 saturated heterocycles. The molecule has 1 unspecified atom stereocenters. The van der Waals surface area contributed by atoms with Crippen LogP contribution in [0.1, 0.15) is 65.2 Å². The molecule has 0 bridgehead atoms. The van der Waals surface area contributed by atoms with Crippen LogP contribution in [0, 0.1) is 11.8 Å². The van der Waals surface area contributed by atoms with Crippen molar-refractivity contribution in [2.24, 2.45) is 11.8 Å². The van der Waals surface area contributed by atoms with E-state index in [-0.39, 0.29) is 25.0 Å². The molecule has 2 fully saturated rings. The fraction of sp³-hybridized carbons (Fsp3) is 0.741. The maximum Gasteiger partial charge on any atom is 0.313 e. The number of aliphatic hydroxyl groups is 1. The Balaban J connectivity index is 1.70. The number of nitrogens with zero attached hydrogens (tertiary/aromatic N) is 2. The Kier molecular flexibility index (Phi) is 8.01. The quantitative estimate of drug-likeness (QED) is 0.289. The monoisotopic (exact) mass is 488 g/mol. The van der Waals surface area contributed by atoms with E-state index < -0.39 is 35.0 Å². The van der Waals surface area contributed by atoms with E-state index in [9.17, 15) is 14.4 Å². The Hall–Kier alpha value is -2.19. The van der Waals surface area contributed by atoms with E-state index in [0.29, 0.717) is 26.1 Å². The molecule has 1 N–H and O–H groups in total. The number of carbonyl (C=O) groups excluding carboxylic acids is 3. The highest BCUT2D eigenvalue weighted by molar-refractivity contribution is 5.99. The van der Waals surface area contributed by atoms with E-state index in [0.717, 1.165) is 44.9 Å². The summed E-state index contributed by atoms with van der Waals surface area (Å²) in [6.45, 7) is 5.91. The van der Waals surface area contributed by atoms with Gasteiger partial charge in [-0.2, -0.15) is 0 Å². The average molecular weight is 489 g/mol. The van der Waals surface area contributed by atoms with Gasteiger partial charge in [-0.05, 0) is 32.6 Å². The van der Waals surface area contributed by atoms with Gasteiger partial charge in [-0.15, -0.1) is 0 Å². The second kappa shape index (κ2) is 10.8. The van der Waals surface area contributed by atoms with Crippen LogP contribution in [0.25, 0.3) is 0 Å². The number of hydrogen-bond acceptors (Lipinski definition) is 6. The number of unbranched alkanes of at least 4 members (excludes halogenated alkanes) is 5. The van der Waals surface area contributed by atoms with Crippen molar-refractivity contribution in [1.29, 1.82) is 0 Å². The molecule has 4 aliphatic heterocycles. The molecule has 8 nitrogen and oxygen atoms in total. The lowest BCUT2D eigenvalue weighted by atomic mass is 9.74. The number of cyclic esters (lactones) is 1. The van der Waals surface area contributed by atoms with E-state index in [4.69, 9.17) is 14.6 Å². The standard InChI is InChI=1S/C27H40N2O6/c1-3-4-8-15-28-16-12-14-27-20(21-25(33)34-19-11-7-13-26(21,2)35-27)23(31)29(22(27)24(28)32)17-9-5-6-10-18-30/h7,12-14,20-22,30H,3-6,8-11,15-19H2,1-2H3/t20-,21-,22?,26+,27-/m0/s1. The molecule has 2 amide bonds. The lowest BCUT2D eigenvalue weighted by Gasteiger charge is -2.37. The van der Waals surface area contributed by atoms with Crippen molar-refractivity contribution in [3.63, 3.8) is 0 Å². The summed E-state index contributed by atoms with van der Waals surface area (Å²) in [6.07, 6.45) is 14.4. The number of rotatable bonds is 10. The molecular formula is C27H40N2O6. The van der Waals surface area contributed by atoms with Gasteiger partial charge in [0.05, 0.1) is 18.1 Å². The first-order valence-electron chi connectivity index (χ1n) is 13.3. The maximum atomic E-state index is 14.0. The number of esters is 1. The summed E-state index contributed by atoms with van der Waals surface area (Å²) in [4.78, 5) is 44.7. The molecule has 5 atom stereocenters. The second-order valence-corrected chi connectivity index (χ2v) is 10.4. The molecule has 0 aromatic rings. The third-order valence-corrected chi connectivity index (χ3v) is 7.94. The van der Waals surface area contributed by atoms with Crippen molar-refractivity contribution < 1.29 is 29.0 Å². The summed E-state index contributed by atoms with van der Waals surface area (Å²) in [5.74, 6) is -2.35. The molecule has 1 spiro atoms. The zero-order valence-electron chi connectivity index (χ0n) is 21.1. The van der Waals surface area contributed by atoms with Gasteiger partial charge in [0.25, 0.3) is 0 Å². The Morgan fingerprint density at radius 1 is 0.971 bits per heavy atom. The second-order valence-electron chi connectivity index (χ2n) is 10.4. The van der Waals surface area contributed by atoms with E-state index in [2.05, 4.69) is 6.92 Å². The smallest absolute Gasteiger partial charge is 0.313 e. The first kappa shape index (κ1) is 25.9. The minimum atomic E-state index is -1.20. The Morgan fingerprint density at radius 2 is 1.74 bits per heavy atom. The number of amides is 2. The van der Waals surface area contributed by atoms with E-state index in [1.54, 1.807) is 4.90 Å². The van der Waals surface area contributed by atoms with Crippen molar-refractivity contribution in [1.82, 2.24) is 9.80 Å². The number of carbonyl (C=O) groups is 3. The molecule has 4 heterocycles. The number of fused-ring (bicyclic) bond motifs is 2. The van der Waals surface area contributed by atoms with E-state index in [1.165, 1.54) is 0 Å². The molecule has 0 aliphatic carbocycles. The number of hydrogen-bond donors (Lipinski definition) is 1. The van der Waals surface area contributed by atoms with Gasteiger partial charge in [0, 0.05) is 26.2 Å². The molecule has 8 heteroatoms. The number of aliphatic hydroxyl groups excluding tert-OH is 1. The highest BCUT2D eigenvalue weighted by atomic mass is 16.6. The lowest BCUT2D eigenvalue weighted by molar-refractivity contribution is -0.160. The number of likely N-dealkylation sites (tertiary alicyclic amines) is 1. The van der Waals surface area contributed by atoms with Gasteiger partial charge in [0.2, 0.25) is 11.8 Å². The van der Waals surface area contributed by atoms with Crippen LogP contribution in [0.3, 0.4) is 0 Å². The van der Waals surface area contributed by atoms with Crippen molar-refractivity contribution >= 4 is 17.8 Å². The van der Waals surface area contributed by atoms with Crippen LogP contribution in [0.5, 0.6) is 0 Å². The molecule has 35 heavy (non-hydrogen) atoms. The molecule has 0 aromatic heterocycles. The summed E-state index contributed by atoms with van der Waals surface area (Å²) in [6, 6.07) is -0.801. The molecule has 4 rings (SSSR count). The third-order valence-electron chi connectivity index (χ3n) is 7.94. The van der Waals surface area contributed by atoms with E-state index in [1.807, 2.05) is 36.1 Å². The van der Waals surface area contributed by atoms with Gasteiger partial charge in [0.15, 0.2) is 0 Å². The summed E-state index contributed by atoms with van der Waals surface area (Å²) < 4.78 is 12.2. The minimum Gasteiger partial charge on any atom is -0.465 e. The fourth-order valence-electron chi connectivity index (χ4n) is 6.28. The predicted octanol–water partition coefficient (Wildman–Crippen LogP) is 2.60. The zero-order chi connectivity index (χ0) is 25.1. The van der Waals surface area contributed by atoms with Gasteiger partial charge in [0.1, 0.15) is 17.6 Å². The summed E-state index contributed by atoms with van der Waals surface area (Å²) >= 11 is 0. The van der Waals surface area contributed by atoms with Crippen LogP contribution in [0.4, 0.5) is 0 Å². The summed E-state index contributed by atoms with van der Waals surface area (Å²) in [5.41, 5.74) is -2.23. The molecule has 0 saturated carbocycles. The molecule has 0 radical (unpaired) electrons. The first-order chi connectivity index (χ1) is 16.9. The van der Waals surface area contributed by atoms with Gasteiger partial charge in [-0.25, -0.2) is 0 Å². The van der Waals surface area contributed by atoms with Crippen LogP contribution in [-0.2, 0) is 23.9 Å². The highest BCUT2D eigenvalue weighted by Gasteiger charge is 2.74. The van der Waals surface area contributed by atoms with Gasteiger partial charge in [-0.1, -0.05) is 56.9 Å². The third kappa shape index (κ3) is 4.67. The van der Waals surface area contributed by atoms with Crippen LogP contribution >= 0.6 is 0 Å². The number of ether oxygens (including phenoxy) is 2. The molecule has 0 aromatic carbocycles. The van der Waals surface area contributed by atoms with Gasteiger partial charge < -0.3 is 24.4 Å². The van der Waals surface area contributed by atoms with Crippen LogP contribution in [-0.4, -0.2) is 82.8 Å². The van der Waals surface area contributed by atoms with Crippen LogP contribution < -0.4 is 0 Å². The minimum absolute atomic E-state index is 0.104. The zero-order valence-corrected chi connectivity index (χ0v) is 21.1. The topological polar surface area (TPSA) is 96.4 Å². The Labute approximate surface area is 208 Å². The Bertz CT molecular complexity index is 872. The molecule has 194 valence electrons. The first-order valence-corrected chi connectivity index (χ1v) is 13.3. The highest BCUT2D eigenvalue weighted by Crippen LogP contribution is 2.57. The van der Waals surface area contributed by atoms with Crippen molar-refractivity contribution in [3.8, 4) is 0 Å². The molecular weight excluding hydrogens is 448 g/mol. The molecule has 4 aliphatic rings. The van der Waals surface area contributed by atoms with Crippen molar-refractivity contribution in [3.05, 3.63) is 24.3 Å². The van der Waals surface area contributed by atoms with Crippen molar-refractivity contribution in [2.45, 2.75) is 82.5 Å². The Morgan fingerprint density at radius 3 is 2.51 bits per heavy atom. The fourth-order valence-corrected chi connectivity index (χ4v) is 6.28.